The van der Waals surface area contributed by atoms with Gasteiger partial charge in [0.1, 0.15) is 0 Å². The van der Waals surface area contributed by atoms with Crippen LogP contribution in [0.4, 0.5) is 5.69 Å². The summed E-state index contributed by atoms with van der Waals surface area (Å²) in [6.07, 6.45) is 3.57. The van der Waals surface area contributed by atoms with Crippen molar-refractivity contribution in [3.63, 3.8) is 0 Å². The Hall–Kier alpha value is -0.510. The number of nitrogens with one attached hydrogen (secondary N) is 1. The maximum absolute atomic E-state index is 5.56. The second kappa shape index (κ2) is 7.85. The fourth-order valence-corrected chi connectivity index (χ4v) is 1.04. The summed E-state index contributed by atoms with van der Waals surface area (Å²) in [7, 11) is 0. The molecule has 0 aliphatic carbocycles. The summed E-state index contributed by atoms with van der Waals surface area (Å²) >= 11 is 0. The van der Waals surface area contributed by atoms with Crippen molar-refractivity contribution in [1.29, 1.82) is 0 Å². The van der Waals surface area contributed by atoms with Gasteiger partial charge in [-0.1, -0.05) is 0 Å². The summed E-state index contributed by atoms with van der Waals surface area (Å²) < 4.78 is 0. The van der Waals surface area contributed by atoms with Gasteiger partial charge in [0.25, 0.3) is 0 Å². The predicted octanol–water partition coefficient (Wildman–Crippen LogP) is 2.20. The summed E-state index contributed by atoms with van der Waals surface area (Å²) in [4.78, 5) is 4.03. The molecule has 0 amide bonds. The average Bonchev–Trinajstić information content (AvgIpc) is 2.04. The third-order valence-corrected chi connectivity index (χ3v) is 1.58. The molecular weight excluding hydrogens is 221 g/mol. The molecule has 1 heterocycles. The predicted molar refractivity (Wildman–Crippen MR) is 65.4 cm³/mol. The van der Waals surface area contributed by atoms with E-state index in [1.807, 2.05) is 12.3 Å². The molecule has 0 radical (unpaired) electrons. The van der Waals surface area contributed by atoms with Crippen LogP contribution in [-0.4, -0.2) is 11.0 Å². The number of hydrogen-bond acceptors (Lipinski definition) is 3. The zero-order valence-electron chi connectivity index (χ0n) is 8.36. The fourth-order valence-electron chi connectivity index (χ4n) is 1.04. The van der Waals surface area contributed by atoms with Crippen LogP contribution in [0.3, 0.4) is 0 Å². The van der Waals surface area contributed by atoms with Crippen molar-refractivity contribution < 1.29 is 0 Å². The number of hydrogen-bond donors (Lipinski definition) is 2. The number of nitrogens with zero attached hydrogens (tertiary/aromatic N) is 1. The van der Waals surface area contributed by atoms with Gasteiger partial charge in [0.05, 0.1) is 11.9 Å². The van der Waals surface area contributed by atoms with Crippen molar-refractivity contribution in [2.75, 3.05) is 5.32 Å². The molecule has 14 heavy (non-hydrogen) atoms. The summed E-state index contributed by atoms with van der Waals surface area (Å²) in [6.45, 7) is 4.73. The minimum atomic E-state index is 0. The second-order valence-corrected chi connectivity index (χ2v) is 3.04. The van der Waals surface area contributed by atoms with E-state index in [-0.39, 0.29) is 24.8 Å². The van der Waals surface area contributed by atoms with Crippen LogP contribution in [0, 0.1) is 0 Å². The number of pyridine rings is 1. The van der Waals surface area contributed by atoms with Crippen LogP contribution in [0.1, 0.15) is 19.4 Å². The fraction of sp³-hybridized carbons (Fsp3) is 0.444. The Morgan fingerprint density at radius 3 is 2.57 bits per heavy atom. The average molecular weight is 238 g/mol. The van der Waals surface area contributed by atoms with Crippen molar-refractivity contribution in [2.24, 2.45) is 5.73 Å². The molecule has 0 fully saturated rings. The van der Waals surface area contributed by atoms with Gasteiger partial charge in [0.15, 0.2) is 0 Å². The number of rotatable bonds is 3. The Labute approximate surface area is 97.3 Å². The Morgan fingerprint density at radius 2 is 2.07 bits per heavy atom. The first kappa shape index (κ1) is 15.9. The summed E-state index contributed by atoms with van der Waals surface area (Å²) in [6, 6.07) is 2.35. The zero-order chi connectivity index (χ0) is 8.97. The van der Waals surface area contributed by atoms with E-state index in [0.29, 0.717) is 12.6 Å². The molecule has 0 unspecified atom stereocenters. The highest BCUT2D eigenvalue weighted by Crippen LogP contribution is 2.12. The molecule has 3 N–H and O–H groups in total. The first-order valence-electron chi connectivity index (χ1n) is 4.13. The van der Waals surface area contributed by atoms with Gasteiger partial charge in [-0.3, -0.25) is 4.98 Å². The zero-order valence-corrected chi connectivity index (χ0v) is 9.99. The lowest BCUT2D eigenvalue weighted by molar-refractivity contribution is 0.889. The van der Waals surface area contributed by atoms with E-state index in [1.165, 1.54) is 0 Å². The molecule has 0 saturated heterocycles. The lowest BCUT2D eigenvalue weighted by Crippen LogP contribution is -2.12. The first-order chi connectivity index (χ1) is 5.74. The van der Waals surface area contributed by atoms with E-state index in [0.717, 1.165) is 11.3 Å². The van der Waals surface area contributed by atoms with E-state index in [2.05, 4.69) is 24.1 Å². The van der Waals surface area contributed by atoms with Crippen molar-refractivity contribution in [2.45, 2.75) is 26.4 Å². The van der Waals surface area contributed by atoms with Crippen LogP contribution in [-0.2, 0) is 6.54 Å². The molecule has 1 rings (SSSR count). The van der Waals surface area contributed by atoms with Gasteiger partial charge in [-0.2, -0.15) is 0 Å². The molecule has 0 bridgehead atoms. The van der Waals surface area contributed by atoms with Gasteiger partial charge in [0.2, 0.25) is 0 Å². The van der Waals surface area contributed by atoms with Crippen LogP contribution < -0.4 is 11.1 Å². The second-order valence-electron chi connectivity index (χ2n) is 3.04. The number of anilines is 1. The third-order valence-electron chi connectivity index (χ3n) is 1.58. The Balaban J connectivity index is 0. The highest BCUT2D eigenvalue weighted by atomic mass is 35.5. The largest absolute Gasteiger partial charge is 0.381 e. The van der Waals surface area contributed by atoms with Gasteiger partial charge in [0, 0.05) is 18.8 Å². The van der Waals surface area contributed by atoms with Gasteiger partial charge in [-0.25, -0.2) is 0 Å². The molecule has 5 heteroatoms. The Kier molecular flexibility index (Phi) is 8.94. The molecule has 0 saturated carbocycles. The van der Waals surface area contributed by atoms with E-state index < -0.39 is 0 Å². The molecule has 0 aromatic carbocycles. The van der Waals surface area contributed by atoms with Gasteiger partial charge in [-0.15, -0.1) is 24.8 Å². The molecule has 1 aromatic rings. The standard InChI is InChI=1S/C9H15N3.2ClH/c1-7(2)12-9-6-11-4-3-8(9)5-10;;/h3-4,6-7,12H,5,10H2,1-2H3;2*1H. The minimum Gasteiger partial charge on any atom is -0.381 e. The molecule has 0 atom stereocenters. The van der Waals surface area contributed by atoms with Gasteiger partial charge in [-0.05, 0) is 25.5 Å². The van der Waals surface area contributed by atoms with Crippen LogP contribution in [0.15, 0.2) is 18.5 Å². The molecular formula is C9H17Cl2N3. The number of aromatic nitrogens is 1. The van der Waals surface area contributed by atoms with Crippen molar-refractivity contribution in [3.8, 4) is 0 Å². The van der Waals surface area contributed by atoms with E-state index in [9.17, 15) is 0 Å². The monoisotopic (exact) mass is 237 g/mol. The highest BCUT2D eigenvalue weighted by Gasteiger charge is 2.00. The third kappa shape index (κ3) is 4.65. The smallest absolute Gasteiger partial charge is 0.0574 e. The molecule has 0 spiro atoms. The van der Waals surface area contributed by atoms with E-state index >= 15 is 0 Å². The summed E-state index contributed by atoms with van der Waals surface area (Å²) in [5.41, 5.74) is 7.71. The summed E-state index contributed by atoms with van der Waals surface area (Å²) in [5, 5.41) is 3.28. The van der Waals surface area contributed by atoms with Crippen LogP contribution in [0.5, 0.6) is 0 Å². The molecule has 82 valence electrons. The maximum Gasteiger partial charge on any atom is 0.0574 e. The summed E-state index contributed by atoms with van der Waals surface area (Å²) in [5.74, 6) is 0. The quantitative estimate of drug-likeness (QED) is 0.848. The van der Waals surface area contributed by atoms with Crippen molar-refractivity contribution in [3.05, 3.63) is 24.0 Å². The SMILES string of the molecule is CC(C)Nc1cnccc1CN.Cl.Cl. The number of halogens is 2. The van der Waals surface area contributed by atoms with Gasteiger partial charge < -0.3 is 11.1 Å². The lowest BCUT2D eigenvalue weighted by atomic mass is 10.2. The van der Waals surface area contributed by atoms with Crippen LogP contribution >= 0.6 is 24.8 Å². The van der Waals surface area contributed by atoms with Crippen molar-refractivity contribution >= 4 is 30.5 Å². The minimum absolute atomic E-state index is 0. The van der Waals surface area contributed by atoms with E-state index in [4.69, 9.17) is 5.73 Å². The van der Waals surface area contributed by atoms with E-state index in [1.54, 1.807) is 6.20 Å². The van der Waals surface area contributed by atoms with Crippen molar-refractivity contribution in [1.82, 2.24) is 4.98 Å². The first-order valence-corrected chi connectivity index (χ1v) is 4.13. The maximum atomic E-state index is 5.56. The number of nitrogens with two attached hydrogens (primary N) is 1. The highest BCUT2D eigenvalue weighted by molar-refractivity contribution is 5.85. The topological polar surface area (TPSA) is 50.9 Å². The Bertz CT molecular complexity index is 254. The van der Waals surface area contributed by atoms with Crippen LogP contribution in [0.25, 0.3) is 0 Å². The lowest BCUT2D eigenvalue weighted by Gasteiger charge is -2.12. The molecule has 3 nitrogen and oxygen atoms in total. The normalized spacial score (nSPS) is 8.86. The van der Waals surface area contributed by atoms with Gasteiger partial charge >= 0.3 is 0 Å². The molecule has 1 aromatic heterocycles. The molecule has 0 aliphatic rings. The van der Waals surface area contributed by atoms with Crippen LogP contribution in [0.2, 0.25) is 0 Å². The molecule has 0 aliphatic heterocycles. The Morgan fingerprint density at radius 1 is 1.43 bits per heavy atom.